The molecule has 3 aromatic heterocycles. The number of nitrogens with zero attached hydrogens (tertiary/aromatic N) is 2. The maximum atomic E-state index is 13.0. The van der Waals surface area contributed by atoms with Crippen molar-refractivity contribution in [1.82, 2.24) is 9.55 Å². The average molecular weight is 343 g/mol. The van der Waals surface area contributed by atoms with Crippen molar-refractivity contribution in [3.05, 3.63) is 59.1 Å². The van der Waals surface area contributed by atoms with Crippen molar-refractivity contribution in [1.29, 1.82) is 0 Å². The SMILES string of the molecule is Bc1ccc(-n2ccc3c(sc4nccc(NCC#C)c43)c2=O)cc1. The van der Waals surface area contributed by atoms with Gasteiger partial charge < -0.3 is 5.32 Å². The zero-order chi connectivity index (χ0) is 17.4. The van der Waals surface area contributed by atoms with Crippen LogP contribution in [-0.2, 0) is 0 Å². The Kier molecular flexibility index (Phi) is 3.79. The van der Waals surface area contributed by atoms with Crippen molar-refractivity contribution >= 4 is 50.6 Å². The molecule has 0 aliphatic carbocycles. The molecular formula is C19H14BN3OS. The number of benzene rings is 1. The summed E-state index contributed by atoms with van der Waals surface area (Å²) < 4.78 is 2.37. The van der Waals surface area contributed by atoms with Crippen molar-refractivity contribution in [2.24, 2.45) is 0 Å². The lowest BCUT2D eigenvalue weighted by atomic mass is 9.96. The van der Waals surface area contributed by atoms with Crippen molar-refractivity contribution in [2.45, 2.75) is 0 Å². The number of aromatic nitrogens is 2. The van der Waals surface area contributed by atoms with Gasteiger partial charge in [-0.15, -0.1) is 17.8 Å². The number of thiophene rings is 1. The molecule has 120 valence electrons. The van der Waals surface area contributed by atoms with Gasteiger partial charge in [-0.2, -0.15) is 0 Å². The smallest absolute Gasteiger partial charge is 0.273 e. The molecule has 3 heterocycles. The number of anilines is 1. The lowest BCUT2D eigenvalue weighted by Crippen LogP contribution is -2.17. The fourth-order valence-corrected chi connectivity index (χ4v) is 3.99. The van der Waals surface area contributed by atoms with Crippen LogP contribution < -0.4 is 16.3 Å². The van der Waals surface area contributed by atoms with Gasteiger partial charge in [0.1, 0.15) is 17.4 Å². The third-order valence-corrected chi connectivity index (χ3v) is 5.23. The number of rotatable bonds is 3. The minimum Gasteiger partial charge on any atom is -0.374 e. The van der Waals surface area contributed by atoms with Crippen molar-refractivity contribution in [2.75, 3.05) is 11.9 Å². The van der Waals surface area contributed by atoms with Crippen LogP contribution in [0.1, 0.15) is 0 Å². The van der Waals surface area contributed by atoms with Gasteiger partial charge in [0, 0.05) is 34.5 Å². The fourth-order valence-electron chi connectivity index (χ4n) is 2.89. The summed E-state index contributed by atoms with van der Waals surface area (Å²) in [6.45, 7) is 0.427. The van der Waals surface area contributed by atoms with Gasteiger partial charge in [0.15, 0.2) is 0 Å². The molecule has 0 spiro atoms. The van der Waals surface area contributed by atoms with Gasteiger partial charge in [0.25, 0.3) is 5.56 Å². The Labute approximate surface area is 149 Å². The number of terminal acetylenes is 1. The zero-order valence-corrected chi connectivity index (χ0v) is 14.4. The minimum atomic E-state index is -0.0350. The van der Waals surface area contributed by atoms with Crippen LogP contribution in [0.15, 0.2) is 53.6 Å². The van der Waals surface area contributed by atoms with E-state index in [1.807, 2.05) is 50.4 Å². The van der Waals surface area contributed by atoms with Crippen LogP contribution in [0.25, 0.3) is 26.0 Å². The summed E-state index contributed by atoms with van der Waals surface area (Å²) in [6.07, 6.45) is 8.90. The molecule has 0 aliphatic heterocycles. The average Bonchev–Trinajstić information content (AvgIpc) is 3.01. The normalized spacial score (nSPS) is 10.8. The Morgan fingerprint density at radius 3 is 2.80 bits per heavy atom. The molecule has 0 amide bonds. The molecule has 6 heteroatoms. The number of hydrogen-bond donors (Lipinski definition) is 1. The molecular weight excluding hydrogens is 329 g/mol. The van der Waals surface area contributed by atoms with Crippen molar-refractivity contribution in [3.8, 4) is 18.0 Å². The molecule has 0 aliphatic rings. The Balaban J connectivity index is 1.96. The van der Waals surface area contributed by atoms with Crippen LogP contribution in [-0.4, -0.2) is 23.9 Å². The zero-order valence-electron chi connectivity index (χ0n) is 13.6. The topological polar surface area (TPSA) is 46.9 Å². The third kappa shape index (κ3) is 2.59. The fraction of sp³-hybridized carbons (Fsp3) is 0.0526. The molecule has 4 aromatic rings. The van der Waals surface area contributed by atoms with Gasteiger partial charge in [0.05, 0.1) is 6.54 Å². The molecule has 4 rings (SSSR count). The Morgan fingerprint density at radius 2 is 2.04 bits per heavy atom. The summed E-state index contributed by atoms with van der Waals surface area (Å²) in [6, 6.07) is 11.8. The molecule has 0 radical (unpaired) electrons. The summed E-state index contributed by atoms with van der Waals surface area (Å²) in [7, 11) is 2.03. The van der Waals surface area contributed by atoms with E-state index in [1.165, 1.54) is 11.3 Å². The first kappa shape index (κ1) is 15.5. The summed E-state index contributed by atoms with van der Waals surface area (Å²) in [5.41, 5.74) is 2.88. The van der Waals surface area contributed by atoms with E-state index in [2.05, 4.69) is 16.2 Å². The molecule has 0 atom stereocenters. The summed E-state index contributed by atoms with van der Waals surface area (Å²) >= 11 is 1.41. The predicted octanol–water partition coefficient (Wildman–Crippen LogP) is 1.90. The number of hydrogen-bond acceptors (Lipinski definition) is 4. The van der Waals surface area contributed by atoms with Crippen molar-refractivity contribution < 1.29 is 0 Å². The highest BCUT2D eigenvalue weighted by molar-refractivity contribution is 7.25. The monoisotopic (exact) mass is 343 g/mol. The van der Waals surface area contributed by atoms with Gasteiger partial charge >= 0.3 is 0 Å². The molecule has 0 saturated heterocycles. The predicted molar refractivity (Wildman–Crippen MR) is 108 cm³/mol. The summed E-state index contributed by atoms with van der Waals surface area (Å²) in [5, 5.41) is 5.06. The second-order valence-electron chi connectivity index (χ2n) is 5.77. The van der Waals surface area contributed by atoms with E-state index in [0.717, 1.165) is 32.4 Å². The summed E-state index contributed by atoms with van der Waals surface area (Å²) in [5.74, 6) is 2.57. The number of pyridine rings is 2. The first-order valence-corrected chi connectivity index (χ1v) is 8.68. The molecule has 0 unspecified atom stereocenters. The highest BCUT2D eigenvalue weighted by atomic mass is 32.1. The van der Waals surface area contributed by atoms with Crippen LogP contribution in [0, 0.1) is 12.3 Å². The van der Waals surface area contributed by atoms with E-state index in [9.17, 15) is 4.79 Å². The molecule has 0 fully saturated rings. The number of nitrogens with one attached hydrogen (secondary N) is 1. The standard InChI is InChI=1S/C19H14BN3OS/c1-2-9-21-15-7-10-22-18-16(15)14-8-11-23(19(24)17(14)25-18)13-5-3-12(20)4-6-13/h1,3-8,10-11H,9,20H2,(H,21,22). The largest absolute Gasteiger partial charge is 0.374 e. The van der Waals surface area contributed by atoms with E-state index >= 15 is 0 Å². The van der Waals surface area contributed by atoms with Crippen LogP contribution in [0.4, 0.5) is 5.69 Å². The van der Waals surface area contributed by atoms with E-state index in [4.69, 9.17) is 6.42 Å². The maximum Gasteiger partial charge on any atom is 0.273 e. The number of fused-ring (bicyclic) bond motifs is 3. The molecule has 0 bridgehead atoms. The molecule has 4 nitrogen and oxygen atoms in total. The second-order valence-corrected chi connectivity index (χ2v) is 6.77. The molecule has 1 aromatic carbocycles. The van der Waals surface area contributed by atoms with Gasteiger partial charge in [-0.3, -0.25) is 9.36 Å². The quantitative estimate of drug-likeness (QED) is 0.457. The van der Waals surface area contributed by atoms with Gasteiger partial charge in [-0.05, 0) is 24.3 Å². The molecule has 0 saturated carbocycles. The van der Waals surface area contributed by atoms with Gasteiger partial charge in [-0.25, -0.2) is 4.98 Å². The highest BCUT2D eigenvalue weighted by Gasteiger charge is 2.14. The lowest BCUT2D eigenvalue weighted by Gasteiger charge is -2.07. The van der Waals surface area contributed by atoms with Crippen LogP contribution in [0.3, 0.4) is 0 Å². The van der Waals surface area contributed by atoms with E-state index < -0.39 is 0 Å². The molecule has 25 heavy (non-hydrogen) atoms. The van der Waals surface area contributed by atoms with E-state index in [1.54, 1.807) is 10.8 Å². The Hall–Kier alpha value is -3.04. The second kappa shape index (κ2) is 6.12. The lowest BCUT2D eigenvalue weighted by molar-refractivity contribution is 1.01. The van der Waals surface area contributed by atoms with E-state index in [-0.39, 0.29) is 5.56 Å². The van der Waals surface area contributed by atoms with Crippen molar-refractivity contribution in [3.63, 3.8) is 0 Å². The summed E-state index contributed by atoms with van der Waals surface area (Å²) in [4.78, 5) is 18.3. The highest BCUT2D eigenvalue weighted by Crippen LogP contribution is 2.35. The minimum absolute atomic E-state index is 0.0350. The third-order valence-electron chi connectivity index (χ3n) is 4.13. The van der Waals surface area contributed by atoms with Crippen LogP contribution in [0.5, 0.6) is 0 Å². The van der Waals surface area contributed by atoms with Crippen LogP contribution >= 0.6 is 11.3 Å². The Morgan fingerprint density at radius 1 is 1.24 bits per heavy atom. The maximum absolute atomic E-state index is 13.0. The Bertz CT molecular complexity index is 1190. The first-order chi connectivity index (χ1) is 12.2. The van der Waals surface area contributed by atoms with Crippen LogP contribution in [0.2, 0.25) is 0 Å². The van der Waals surface area contributed by atoms with Gasteiger partial charge in [0.2, 0.25) is 0 Å². The molecule has 1 N–H and O–H groups in total. The first-order valence-electron chi connectivity index (χ1n) is 7.86. The van der Waals surface area contributed by atoms with Gasteiger partial charge in [-0.1, -0.05) is 23.5 Å². The van der Waals surface area contributed by atoms with E-state index in [0.29, 0.717) is 11.2 Å².